The van der Waals surface area contributed by atoms with E-state index in [1.165, 1.54) is 12.1 Å². The number of ether oxygens (including phenoxy) is 1. The van der Waals surface area contributed by atoms with Crippen LogP contribution in [-0.2, 0) is 4.74 Å². The fourth-order valence-corrected chi connectivity index (χ4v) is 2.63. The Bertz CT molecular complexity index is 550. The largest absolute Gasteiger partial charge is 0.379 e. The molecule has 0 aromatic carbocycles. The lowest BCUT2D eigenvalue weighted by atomic mass is 9.87. The van der Waals surface area contributed by atoms with Gasteiger partial charge in [0.25, 0.3) is 0 Å². The summed E-state index contributed by atoms with van der Waals surface area (Å²) in [7, 11) is 3.91. The number of anilines is 1. The SMILES string of the molecule is COC1CCC1N(C)c1ccnc2ccncc12. The lowest BCUT2D eigenvalue weighted by Crippen LogP contribution is -2.50. The second-order valence-electron chi connectivity index (χ2n) is 4.75. The van der Waals surface area contributed by atoms with Gasteiger partial charge >= 0.3 is 0 Å². The first-order valence-electron chi connectivity index (χ1n) is 6.25. The maximum absolute atomic E-state index is 5.48. The van der Waals surface area contributed by atoms with Crippen LogP contribution in [0.2, 0.25) is 0 Å². The number of hydrogen-bond acceptors (Lipinski definition) is 4. The minimum absolute atomic E-state index is 0.342. The molecular weight excluding hydrogens is 226 g/mol. The van der Waals surface area contributed by atoms with Crippen LogP contribution >= 0.6 is 0 Å². The molecule has 0 saturated heterocycles. The van der Waals surface area contributed by atoms with Crippen LogP contribution in [0, 0.1) is 0 Å². The fraction of sp³-hybridized carbons (Fsp3) is 0.429. The third kappa shape index (κ3) is 1.73. The first-order chi connectivity index (χ1) is 8.81. The Morgan fingerprint density at radius 2 is 2.17 bits per heavy atom. The molecule has 94 valence electrons. The monoisotopic (exact) mass is 243 g/mol. The predicted octanol–water partition coefficient (Wildman–Crippen LogP) is 2.24. The lowest BCUT2D eigenvalue weighted by Gasteiger charge is -2.43. The molecule has 0 radical (unpaired) electrons. The Labute approximate surface area is 107 Å². The van der Waals surface area contributed by atoms with Gasteiger partial charge in [-0.3, -0.25) is 9.97 Å². The maximum atomic E-state index is 5.48. The highest BCUT2D eigenvalue weighted by Gasteiger charge is 2.34. The summed E-state index contributed by atoms with van der Waals surface area (Å²) in [4.78, 5) is 10.9. The zero-order valence-electron chi connectivity index (χ0n) is 10.7. The summed E-state index contributed by atoms with van der Waals surface area (Å²) in [5, 5.41) is 1.10. The van der Waals surface area contributed by atoms with Gasteiger partial charge in [-0.1, -0.05) is 0 Å². The molecule has 1 aliphatic rings. The molecule has 2 aromatic heterocycles. The molecule has 4 nitrogen and oxygen atoms in total. The Morgan fingerprint density at radius 3 is 2.89 bits per heavy atom. The predicted molar refractivity (Wildman–Crippen MR) is 71.8 cm³/mol. The van der Waals surface area contributed by atoms with E-state index in [2.05, 4.69) is 28.0 Å². The molecular formula is C14H17N3O. The van der Waals surface area contributed by atoms with E-state index in [9.17, 15) is 0 Å². The summed E-state index contributed by atoms with van der Waals surface area (Å²) >= 11 is 0. The van der Waals surface area contributed by atoms with Crippen molar-refractivity contribution in [2.75, 3.05) is 19.1 Å². The quantitative estimate of drug-likeness (QED) is 0.828. The highest BCUT2D eigenvalue weighted by molar-refractivity contribution is 5.90. The Hall–Kier alpha value is -1.68. The van der Waals surface area contributed by atoms with Crippen molar-refractivity contribution < 1.29 is 4.74 Å². The van der Waals surface area contributed by atoms with Crippen LogP contribution in [0.4, 0.5) is 5.69 Å². The Kier molecular flexibility index (Phi) is 2.88. The van der Waals surface area contributed by atoms with Gasteiger partial charge in [0, 0.05) is 43.8 Å². The van der Waals surface area contributed by atoms with Gasteiger partial charge in [0.15, 0.2) is 0 Å². The highest BCUT2D eigenvalue weighted by Crippen LogP contribution is 2.33. The lowest BCUT2D eigenvalue weighted by molar-refractivity contribution is 0.0196. The minimum atomic E-state index is 0.342. The molecule has 1 aliphatic carbocycles. The molecule has 3 rings (SSSR count). The van der Waals surface area contributed by atoms with Crippen LogP contribution in [0.5, 0.6) is 0 Å². The van der Waals surface area contributed by atoms with Crippen molar-refractivity contribution in [3.05, 3.63) is 30.7 Å². The molecule has 2 aromatic rings. The van der Waals surface area contributed by atoms with E-state index in [4.69, 9.17) is 4.74 Å². The van der Waals surface area contributed by atoms with E-state index in [-0.39, 0.29) is 0 Å². The first kappa shape index (κ1) is 11.4. The molecule has 0 amide bonds. The molecule has 0 spiro atoms. The second-order valence-corrected chi connectivity index (χ2v) is 4.75. The zero-order valence-corrected chi connectivity index (χ0v) is 10.7. The number of pyridine rings is 2. The summed E-state index contributed by atoms with van der Waals surface area (Å²) < 4.78 is 5.48. The van der Waals surface area contributed by atoms with Crippen molar-refractivity contribution in [3.63, 3.8) is 0 Å². The molecule has 1 fully saturated rings. The second kappa shape index (κ2) is 4.53. The van der Waals surface area contributed by atoms with Gasteiger partial charge in [-0.05, 0) is 25.0 Å². The van der Waals surface area contributed by atoms with Crippen molar-refractivity contribution in [1.29, 1.82) is 0 Å². The molecule has 4 heteroatoms. The summed E-state index contributed by atoms with van der Waals surface area (Å²) in [6.07, 6.45) is 8.19. The van der Waals surface area contributed by atoms with Gasteiger partial charge in [-0.15, -0.1) is 0 Å². The van der Waals surface area contributed by atoms with Gasteiger partial charge in [-0.25, -0.2) is 0 Å². The number of likely N-dealkylation sites (N-methyl/N-ethyl adjacent to an activating group) is 1. The molecule has 0 N–H and O–H groups in total. The third-order valence-corrected chi connectivity index (χ3v) is 3.88. The van der Waals surface area contributed by atoms with Gasteiger partial charge in [0.1, 0.15) is 0 Å². The normalized spacial score (nSPS) is 22.8. The molecule has 0 bridgehead atoms. The van der Waals surface area contributed by atoms with Crippen LogP contribution < -0.4 is 4.90 Å². The number of nitrogens with zero attached hydrogens (tertiary/aromatic N) is 3. The smallest absolute Gasteiger partial charge is 0.0775 e. The average molecular weight is 243 g/mol. The topological polar surface area (TPSA) is 38.2 Å². The van der Waals surface area contributed by atoms with Crippen molar-refractivity contribution in [1.82, 2.24) is 9.97 Å². The molecule has 18 heavy (non-hydrogen) atoms. The average Bonchev–Trinajstić information content (AvgIpc) is 2.37. The van der Waals surface area contributed by atoms with Crippen LogP contribution in [0.25, 0.3) is 10.9 Å². The maximum Gasteiger partial charge on any atom is 0.0775 e. The standard InChI is InChI=1S/C14H17N3O/c1-17(13-3-4-14(13)18-2)12-6-8-16-11-5-7-15-9-10(11)12/h5-9,13-14H,3-4H2,1-2H3. The highest BCUT2D eigenvalue weighted by atomic mass is 16.5. The summed E-state index contributed by atoms with van der Waals surface area (Å²) in [6, 6.07) is 4.46. The van der Waals surface area contributed by atoms with E-state index in [0.717, 1.165) is 17.3 Å². The van der Waals surface area contributed by atoms with E-state index in [0.29, 0.717) is 12.1 Å². The van der Waals surface area contributed by atoms with E-state index >= 15 is 0 Å². The van der Waals surface area contributed by atoms with E-state index in [1.807, 2.05) is 18.5 Å². The van der Waals surface area contributed by atoms with Crippen LogP contribution in [0.1, 0.15) is 12.8 Å². The van der Waals surface area contributed by atoms with Crippen LogP contribution in [0.15, 0.2) is 30.7 Å². The van der Waals surface area contributed by atoms with Crippen LogP contribution in [-0.4, -0.2) is 36.3 Å². The molecule has 2 atom stereocenters. The summed E-state index contributed by atoms with van der Waals surface area (Å²) in [6.45, 7) is 0. The zero-order chi connectivity index (χ0) is 12.5. The number of hydrogen-bond donors (Lipinski definition) is 0. The number of aromatic nitrogens is 2. The van der Waals surface area contributed by atoms with Crippen LogP contribution in [0.3, 0.4) is 0 Å². The van der Waals surface area contributed by atoms with E-state index < -0.39 is 0 Å². The third-order valence-electron chi connectivity index (χ3n) is 3.88. The number of fused-ring (bicyclic) bond motifs is 1. The van der Waals surface area contributed by atoms with Gasteiger partial charge < -0.3 is 9.64 Å². The van der Waals surface area contributed by atoms with E-state index in [1.54, 1.807) is 13.3 Å². The fourth-order valence-electron chi connectivity index (χ4n) is 2.63. The van der Waals surface area contributed by atoms with Crippen molar-refractivity contribution in [2.24, 2.45) is 0 Å². The molecule has 0 aliphatic heterocycles. The van der Waals surface area contributed by atoms with Crippen molar-refractivity contribution in [2.45, 2.75) is 25.0 Å². The minimum Gasteiger partial charge on any atom is -0.379 e. The Morgan fingerprint density at radius 1 is 1.28 bits per heavy atom. The first-order valence-corrected chi connectivity index (χ1v) is 6.25. The number of rotatable bonds is 3. The summed E-state index contributed by atoms with van der Waals surface area (Å²) in [5.41, 5.74) is 2.17. The molecule has 2 heterocycles. The van der Waals surface area contributed by atoms with Crippen molar-refractivity contribution in [3.8, 4) is 0 Å². The van der Waals surface area contributed by atoms with Gasteiger partial charge in [-0.2, -0.15) is 0 Å². The summed E-state index contributed by atoms with van der Waals surface area (Å²) in [5.74, 6) is 0. The Balaban J connectivity index is 1.98. The van der Waals surface area contributed by atoms with Crippen molar-refractivity contribution >= 4 is 16.6 Å². The number of methoxy groups -OCH3 is 1. The molecule has 2 unspecified atom stereocenters. The van der Waals surface area contributed by atoms with Gasteiger partial charge in [0.2, 0.25) is 0 Å². The van der Waals surface area contributed by atoms with Gasteiger partial charge in [0.05, 0.1) is 17.7 Å². The molecule has 1 saturated carbocycles.